The van der Waals surface area contributed by atoms with E-state index in [4.69, 9.17) is 10.5 Å². The van der Waals surface area contributed by atoms with Crippen LogP contribution in [0.15, 0.2) is 46.9 Å². The molecule has 0 saturated carbocycles. The molecule has 1 atom stereocenters. The Morgan fingerprint density at radius 2 is 2.00 bits per heavy atom. The quantitative estimate of drug-likeness (QED) is 0.876. The van der Waals surface area contributed by atoms with Gasteiger partial charge in [-0.05, 0) is 49.2 Å². The monoisotopic (exact) mass is 319 g/mol. The average Bonchev–Trinajstić information content (AvgIpc) is 2.41. The third kappa shape index (κ3) is 3.58. The maximum absolute atomic E-state index is 5.99. The summed E-state index contributed by atoms with van der Waals surface area (Å²) in [6, 6.07) is 14.0. The molecular formula is C16H18BrNO. The van der Waals surface area contributed by atoms with Crippen molar-refractivity contribution in [1.29, 1.82) is 0 Å². The highest BCUT2D eigenvalue weighted by atomic mass is 79.9. The predicted octanol–water partition coefficient (Wildman–Crippen LogP) is 4.82. The van der Waals surface area contributed by atoms with Crippen LogP contribution in [0.1, 0.15) is 31.0 Å². The van der Waals surface area contributed by atoms with Crippen molar-refractivity contribution in [3.05, 3.63) is 58.1 Å². The number of rotatable bonds is 4. The van der Waals surface area contributed by atoms with E-state index in [9.17, 15) is 0 Å². The molecule has 0 aliphatic heterocycles. The van der Waals surface area contributed by atoms with Gasteiger partial charge in [0, 0.05) is 16.1 Å². The van der Waals surface area contributed by atoms with Crippen LogP contribution in [0.2, 0.25) is 0 Å². The molecule has 0 aliphatic rings. The largest absolute Gasteiger partial charge is 0.457 e. The Kier molecular flexibility index (Phi) is 4.61. The van der Waals surface area contributed by atoms with Crippen LogP contribution < -0.4 is 10.5 Å². The first-order valence-electron chi connectivity index (χ1n) is 6.42. The van der Waals surface area contributed by atoms with Crippen LogP contribution in [0.5, 0.6) is 11.5 Å². The number of hydrogen-bond donors (Lipinski definition) is 1. The molecule has 0 radical (unpaired) electrons. The summed E-state index contributed by atoms with van der Waals surface area (Å²) in [6.45, 7) is 4.09. The van der Waals surface area contributed by atoms with Gasteiger partial charge in [-0.2, -0.15) is 0 Å². The van der Waals surface area contributed by atoms with Gasteiger partial charge in [0.15, 0.2) is 0 Å². The first-order valence-corrected chi connectivity index (χ1v) is 7.21. The fourth-order valence-corrected chi connectivity index (χ4v) is 2.30. The average molecular weight is 320 g/mol. The molecular weight excluding hydrogens is 302 g/mol. The lowest BCUT2D eigenvalue weighted by Gasteiger charge is -2.14. The maximum atomic E-state index is 5.99. The summed E-state index contributed by atoms with van der Waals surface area (Å²) in [6.07, 6.45) is 0.998. The van der Waals surface area contributed by atoms with Crippen molar-refractivity contribution >= 4 is 15.9 Å². The Bertz CT molecular complexity index is 566. The van der Waals surface area contributed by atoms with E-state index in [2.05, 4.69) is 35.0 Å². The first kappa shape index (κ1) is 14.1. The van der Waals surface area contributed by atoms with E-state index in [0.717, 1.165) is 28.0 Å². The number of benzene rings is 2. The molecule has 0 bridgehead atoms. The topological polar surface area (TPSA) is 35.2 Å². The molecule has 0 saturated heterocycles. The summed E-state index contributed by atoms with van der Waals surface area (Å²) in [5, 5.41) is 0. The number of aryl methyl sites for hydroxylation is 1. The summed E-state index contributed by atoms with van der Waals surface area (Å²) >= 11 is 3.46. The summed E-state index contributed by atoms with van der Waals surface area (Å²) in [7, 11) is 0. The van der Waals surface area contributed by atoms with Crippen molar-refractivity contribution in [2.75, 3.05) is 0 Å². The van der Waals surface area contributed by atoms with E-state index in [1.165, 1.54) is 5.56 Å². The Morgan fingerprint density at radius 3 is 2.68 bits per heavy atom. The summed E-state index contributed by atoms with van der Waals surface area (Å²) in [5.41, 5.74) is 8.25. The molecule has 0 amide bonds. The van der Waals surface area contributed by atoms with Gasteiger partial charge >= 0.3 is 0 Å². The first-order chi connectivity index (χ1) is 9.10. The lowest BCUT2D eigenvalue weighted by Crippen LogP contribution is -2.06. The highest BCUT2D eigenvalue weighted by Crippen LogP contribution is 2.31. The molecule has 2 rings (SSSR count). The zero-order chi connectivity index (χ0) is 13.8. The highest BCUT2D eigenvalue weighted by Gasteiger charge is 2.10. The molecule has 2 aromatic carbocycles. The van der Waals surface area contributed by atoms with E-state index in [1.54, 1.807) is 0 Å². The van der Waals surface area contributed by atoms with E-state index >= 15 is 0 Å². The Hall–Kier alpha value is -1.32. The van der Waals surface area contributed by atoms with E-state index in [1.807, 2.05) is 37.3 Å². The Labute approximate surface area is 122 Å². The van der Waals surface area contributed by atoms with E-state index < -0.39 is 0 Å². The van der Waals surface area contributed by atoms with Gasteiger partial charge in [0.25, 0.3) is 0 Å². The zero-order valence-corrected chi connectivity index (χ0v) is 12.8. The molecule has 0 aliphatic carbocycles. The van der Waals surface area contributed by atoms with Crippen LogP contribution in [0.4, 0.5) is 0 Å². The van der Waals surface area contributed by atoms with Gasteiger partial charge in [0.1, 0.15) is 11.5 Å². The third-order valence-corrected chi connectivity index (χ3v) is 3.49. The lowest BCUT2D eigenvalue weighted by molar-refractivity contribution is 0.471. The molecule has 100 valence electrons. The molecule has 0 heterocycles. The predicted molar refractivity (Wildman–Crippen MR) is 82.6 cm³/mol. The number of nitrogens with two attached hydrogens (primary N) is 1. The fraction of sp³-hybridized carbons (Fsp3) is 0.250. The molecule has 0 spiro atoms. The molecule has 2 nitrogen and oxygen atoms in total. The van der Waals surface area contributed by atoms with Crippen LogP contribution in [0, 0.1) is 0 Å². The number of hydrogen-bond acceptors (Lipinski definition) is 2. The van der Waals surface area contributed by atoms with Gasteiger partial charge in [0.2, 0.25) is 0 Å². The van der Waals surface area contributed by atoms with Crippen LogP contribution in [-0.4, -0.2) is 0 Å². The second-order valence-corrected chi connectivity index (χ2v) is 5.49. The standard InChI is InChI=1S/C16H18BrNO/c1-3-12-5-4-6-14(9-12)19-16-8-7-13(17)10-15(16)11(2)18/h4-11H,3,18H2,1-2H3. The van der Waals surface area contributed by atoms with Crippen LogP contribution >= 0.6 is 15.9 Å². The van der Waals surface area contributed by atoms with Gasteiger partial charge in [-0.25, -0.2) is 0 Å². The lowest BCUT2D eigenvalue weighted by atomic mass is 10.1. The van der Waals surface area contributed by atoms with Crippen molar-refractivity contribution in [1.82, 2.24) is 0 Å². The maximum Gasteiger partial charge on any atom is 0.132 e. The highest BCUT2D eigenvalue weighted by molar-refractivity contribution is 9.10. The van der Waals surface area contributed by atoms with Crippen molar-refractivity contribution < 1.29 is 4.74 Å². The Morgan fingerprint density at radius 1 is 1.21 bits per heavy atom. The van der Waals surface area contributed by atoms with Gasteiger partial charge in [-0.3, -0.25) is 0 Å². The van der Waals surface area contributed by atoms with Crippen molar-refractivity contribution in [3.8, 4) is 11.5 Å². The molecule has 0 fully saturated rings. The molecule has 2 aromatic rings. The van der Waals surface area contributed by atoms with Crippen LogP contribution in [-0.2, 0) is 6.42 Å². The summed E-state index contributed by atoms with van der Waals surface area (Å²) in [4.78, 5) is 0. The number of ether oxygens (including phenoxy) is 1. The number of halogens is 1. The van der Waals surface area contributed by atoms with Gasteiger partial charge in [0.05, 0.1) is 0 Å². The van der Waals surface area contributed by atoms with Gasteiger partial charge in [-0.1, -0.05) is 35.0 Å². The van der Waals surface area contributed by atoms with Crippen molar-refractivity contribution in [3.63, 3.8) is 0 Å². The molecule has 1 unspecified atom stereocenters. The van der Waals surface area contributed by atoms with Crippen molar-refractivity contribution in [2.24, 2.45) is 5.73 Å². The third-order valence-electron chi connectivity index (χ3n) is 3.00. The Balaban J connectivity index is 2.32. The normalized spacial score (nSPS) is 12.2. The van der Waals surface area contributed by atoms with E-state index in [0.29, 0.717) is 0 Å². The second-order valence-electron chi connectivity index (χ2n) is 4.57. The minimum Gasteiger partial charge on any atom is -0.457 e. The van der Waals surface area contributed by atoms with Crippen LogP contribution in [0.3, 0.4) is 0 Å². The minimum absolute atomic E-state index is 0.0677. The molecule has 3 heteroatoms. The second kappa shape index (κ2) is 6.22. The summed E-state index contributed by atoms with van der Waals surface area (Å²) < 4.78 is 6.98. The van der Waals surface area contributed by atoms with Gasteiger partial charge in [-0.15, -0.1) is 0 Å². The molecule has 0 aromatic heterocycles. The smallest absolute Gasteiger partial charge is 0.132 e. The van der Waals surface area contributed by atoms with Gasteiger partial charge < -0.3 is 10.5 Å². The molecule has 2 N–H and O–H groups in total. The van der Waals surface area contributed by atoms with Crippen LogP contribution in [0.25, 0.3) is 0 Å². The zero-order valence-electron chi connectivity index (χ0n) is 11.2. The fourth-order valence-electron chi connectivity index (χ4n) is 1.92. The SMILES string of the molecule is CCc1cccc(Oc2ccc(Br)cc2C(C)N)c1. The summed E-state index contributed by atoms with van der Waals surface area (Å²) in [5.74, 6) is 1.66. The van der Waals surface area contributed by atoms with Crippen molar-refractivity contribution in [2.45, 2.75) is 26.3 Å². The molecule has 19 heavy (non-hydrogen) atoms. The minimum atomic E-state index is -0.0677. The van der Waals surface area contributed by atoms with E-state index in [-0.39, 0.29) is 6.04 Å².